The molecule has 144 valence electrons. The maximum absolute atomic E-state index is 12.6. The second-order valence-corrected chi connectivity index (χ2v) is 7.80. The zero-order valence-corrected chi connectivity index (χ0v) is 16.3. The van der Waals surface area contributed by atoms with Crippen LogP contribution in [-0.2, 0) is 9.53 Å². The number of likely N-dealkylation sites (tertiary alicyclic amines) is 1. The summed E-state index contributed by atoms with van der Waals surface area (Å²) in [6.07, 6.45) is 2.50. The van der Waals surface area contributed by atoms with E-state index in [4.69, 9.17) is 9.47 Å². The third-order valence-corrected chi connectivity index (χ3v) is 5.39. The van der Waals surface area contributed by atoms with Crippen molar-refractivity contribution >= 4 is 5.91 Å². The van der Waals surface area contributed by atoms with Gasteiger partial charge in [0.25, 0.3) is 0 Å². The van der Waals surface area contributed by atoms with Crippen LogP contribution in [-0.4, -0.2) is 66.7 Å². The molecule has 2 aliphatic rings. The summed E-state index contributed by atoms with van der Waals surface area (Å²) in [4.78, 5) is 17.0. The highest BCUT2D eigenvalue weighted by Crippen LogP contribution is 2.21. The van der Waals surface area contributed by atoms with E-state index in [1.165, 1.54) is 5.56 Å². The van der Waals surface area contributed by atoms with Gasteiger partial charge in [0.15, 0.2) is 0 Å². The van der Waals surface area contributed by atoms with Gasteiger partial charge >= 0.3 is 0 Å². The molecule has 5 nitrogen and oxygen atoms in total. The van der Waals surface area contributed by atoms with Crippen LogP contribution in [0.15, 0.2) is 24.3 Å². The topological polar surface area (TPSA) is 42.0 Å². The molecule has 2 heterocycles. The molecule has 0 saturated carbocycles. The minimum atomic E-state index is 0.0277. The van der Waals surface area contributed by atoms with Gasteiger partial charge < -0.3 is 14.4 Å². The number of aryl methyl sites for hydroxylation is 1. The molecule has 0 radical (unpaired) electrons. The van der Waals surface area contributed by atoms with Crippen LogP contribution in [0.2, 0.25) is 0 Å². The number of hydrogen-bond donors (Lipinski definition) is 0. The monoisotopic (exact) mass is 360 g/mol. The Morgan fingerprint density at radius 1 is 1.27 bits per heavy atom. The predicted octanol–water partition coefficient (Wildman–Crippen LogP) is 2.86. The fraction of sp³-hybridized carbons (Fsp3) is 0.667. The van der Waals surface area contributed by atoms with Crippen molar-refractivity contribution in [2.75, 3.05) is 32.8 Å². The first-order valence-electron chi connectivity index (χ1n) is 9.88. The third kappa shape index (κ3) is 5.21. The number of amides is 1. The number of ether oxygens (including phenoxy) is 2. The lowest BCUT2D eigenvalue weighted by atomic mass is 10.1. The van der Waals surface area contributed by atoms with Crippen LogP contribution in [0.3, 0.4) is 0 Å². The SMILES string of the molecule is Cc1cccc(OC2CCN(C(=O)C[C@@H]3CN(C(C)C)CCO3)CC2)c1. The Balaban J connectivity index is 1.43. The first-order valence-corrected chi connectivity index (χ1v) is 9.88. The molecule has 2 saturated heterocycles. The second-order valence-electron chi connectivity index (χ2n) is 7.80. The second kappa shape index (κ2) is 8.87. The number of nitrogens with zero attached hydrogens (tertiary/aromatic N) is 2. The van der Waals surface area contributed by atoms with Gasteiger partial charge in [0.2, 0.25) is 5.91 Å². The van der Waals surface area contributed by atoms with Crippen molar-refractivity contribution in [2.45, 2.75) is 58.3 Å². The number of carbonyl (C=O) groups excluding carboxylic acids is 1. The highest BCUT2D eigenvalue weighted by Gasteiger charge is 2.29. The molecule has 0 spiro atoms. The van der Waals surface area contributed by atoms with E-state index in [0.717, 1.165) is 51.4 Å². The van der Waals surface area contributed by atoms with Gasteiger partial charge in [0.05, 0.1) is 19.1 Å². The van der Waals surface area contributed by atoms with Crippen molar-refractivity contribution in [1.82, 2.24) is 9.80 Å². The van der Waals surface area contributed by atoms with Crippen LogP contribution < -0.4 is 4.74 Å². The molecule has 0 unspecified atom stereocenters. The largest absolute Gasteiger partial charge is 0.490 e. The summed E-state index contributed by atoms with van der Waals surface area (Å²) < 4.78 is 11.9. The lowest BCUT2D eigenvalue weighted by Crippen LogP contribution is -2.48. The Kier molecular flexibility index (Phi) is 6.54. The minimum absolute atomic E-state index is 0.0277. The van der Waals surface area contributed by atoms with E-state index in [2.05, 4.69) is 37.8 Å². The van der Waals surface area contributed by atoms with Crippen LogP contribution in [0.25, 0.3) is 0 Å². The van der Waals surface area contributed by atoms with E-state index in [9.17, 15) is 4.79 Å². The smallest absolute Gasteiger partial charge is 0.225 e. The van der Waals surface area contributed by atoms with Crippen LogP contribution in [0.1, 0.15) is 38.7 Å². The predicted molar refractivity (Wildman–Crippen MR) is 102 cm³/mol. The zero-order valence-electron chi connectivity index (χ0n) is 16.3. The van der Waals surface area contributed by atoms with Crippen molar-refractivity contribution in [3.8, 4) is 5.75 Å². The van der Waals surface area contributed by atoms with Gasteiger partial charge in [0.1, 0.15) is 11.9 Å². The van der Waals surface area contributed by atoms with Gasteiger partial charge in [-0.05, 0) is 38.5 Å². The number of morpholine rings is 1. The highest BCUT2D eigenvalue weighted by atomic mass is 16.5. The maximum atomic E-state index is 12.6. The van der Waals surface area contributed by atoms with E-state index in [1.54, 1.807) is 0 Å². The molecule has 2 fully saturated rings. The Hall–Kier alpha value is -1.59. The zero-order chi connectivity index (χ0) is 18.5. The average molecular weight is 360 g/mol. The normalized spacial score (nSPS) is 22.6. The van der Waals surface area contributed by atoms with Gasteiger partial charge in [-0.3, -0.25) is 9.69 Å². The van der Waals surface area contributed by atoms with Gasteiger partial charge in [-0.2, -0.15) is 0 Å². The Morgan fingerprint density at radius 3 is 2.73 bits per heavy atom. The van der Waals surface area contributed by atoms with Gasteiger partial charge in [-0.1, -0.05) is 12.1 Å². The number of benzene rings is 1. The van der Waals surface area contributed by atoms with E-state index in [0.29, 0.717) is 12.5 Å². The molecule has 1 aromatic carbocycles. The molecule has 1 amide bonds. The third-order valence-electron chi connectivity index (χ3n) is 5.39. The lowest BCUT2D eigenvalue weighted by molar-refractivity contribution is -0.138. The molecule has 26 heavy (non-hydrogen) atoms. The summed E-state index contributed by atoms with van der Waals surface area (Å²) in [6.45, 7) is 10.6. The molecule has 0 aromatic heterocycles. The van der Waals surface area contributed by atoms with Crippen molar-refractivity contribution < 1.29 is 14.3 Å². The molecule has 0 aliphatic carbocycles. The molecule has 1 aromatic rings. The molecule has 3 rings (SSSR count). The summed E-state index contributed by atoms with van der Waals surface area (Å²) in [5.41, 5.74) is 1.21. The summed E-state index contributed by atoms with van der Waals surface area (Å²) in [5, 5.41) is 0. The number of hydrogen-bond acceptors (Lipinski definition) is 4. The van der Waals surface area contributed by atoms with Gasteiger partial charge in [-0.15, -0.1) is 0 Å². The van der Waals surface area contributed by atoms with Crippen LogP contribution in [0.5, 0.6) is 5.75 Å². The van der Waals surface area contributed by atoms with E-state index >= 15 is 0 Å². The minimum Gasteiger partial charge on any atom is -0.490 e. The molecule has 5 heteroatoms. The summed E-state index contributed by atoms with van der Waals surface area (Å²) in [5.74, 6) is 1.15. The fourth-order valence-electron chi connectivity index (χ4n) is 3.76. The van der Waals surface area contributed by atoms with E-state index in [1.807, 2.05) is 17.0 Å². The van der Waals surface area contributed by atoms with Crippen LogP contribution in [0, 0.1) is 6.92 Å². The van der Waals surface area contributed by atoms with Crippen molar-refractivity contribution in [1.29, 1.82) is 0 Å². The number of rotatable bonds is 5. The van der Waals surface area contributed by atoms with Gasteiger partial charge in [0, 0.05) is 45.1 Å². The standard InChI is InChI=1S/C21H32N2O3/c1-16(2)23-11-12-25-20(15-23)14-21(24)22-9-7-18(8-10-22)26-19-6-4-5-17(3)13-19/h4-6,13,16,18,20H,7-12,14-15H2,1-3H3/t20-/m1/s1. The first-order chi connectivity index (χ1) is 12.5. The van der Waals surface area contributed by atoms with Crippen molar-refractivity contribution in [3.05, 3.63) is 29.8 Å². The molecule has 0 N–H and O–H groups in total. The lowest BCUT2D eigenvalue weighted by Gasteiger charge is -2.37. The number of carbonyl (C=O) groups is 1. The van der Waals surface area contributed by atoms with Crippen molar-refractivity contribution in [3.63, 3.8) is 0 Å². The van der Waals surface area contributed by atoms with Gasteiger partial charge in [-0.25, -0.2) is 0 Å². The molecule has 1 atom stereocenters. The van der Waals surface area contributed by atoms with Crippen LogP contribution >= 0.6 is 0 Å². The molecule has 0 bridgehead atoms. The molecular weight excluding hydrogens is 328 g/mol. The Bertz CT molecular complexity index is 597. The fourth-order valence-corrected chi connectivity index (χ4v) is 3.76. The van der Waals surface area contributed by atoms with Crippen molar-refractivity contribution in [2.24, 2.45) is 0 Å². The summed E-state index contributed by atoms with van der Waals surface area (Å²) >= 11 is 0. The summed E-state index contributed by atoms with van der Waals surface area (Å²) in [6, 6.07) is 8.67. The Morgan fingerprint density at radius 2 is 2.04 bits per heavy atom. The number of piperidine rings is 1. The molecular formula is C21H32N2O3. The first kappa shape index (κ1) is 19.2. The van der Waals surface area contributed by atoms with Crippen LogP contribution in [0.4, 0.5) is 0 Å². The summed E-state index contributed by atoms with van der Waals surface area (Å²) in [7, 11) is 0. The van der Waals surface area contributed by atoms with E-state index < -0.39 is 0 Å². The molecule has 2 aliphatic heterocycles. The average Bonchev–Trinajstić information content (AvgIpc) is 2.62. The highest BCUT2D eigenvalue weighted by molar-refractivity contribution is 5.76. The quantitative estimate of drug-likeness (QED) is 0.810. The Labute approximate surface area is 157 Å². The van der Waals surface area contributed by atoms with E-state index in [-0.39, 0.29) is 18.1 Å². The maximum Gasteiger partial charge on any atom is 0.225 e.